The topological polar surface area (TPSA) is 106 Å². The summed E-state index contributed by atoms with van der Waals surface area (Å²) in [6.45, 7) is 0. The molecule has 0 aliphatic rings. The van der Waals surface area contributed by atoms with Crippen LogP contribution in [0.2, 0.25) is 0 Å². The van der Waals surface area contributed by atoms with E-state index in [0.29, 0.717) is 11.1 Å². The maximum absolute atomic E-state index is 13.1. The summed E-state index contributed by atoms with van der Waals surface area (Å²) in [7, 11) is 0. The number of benzene rings is 2. The van der Waals surface area contributed by atoms with Gasteiger partial charge < -0.3 is 0 Å². The van der Waals surface area contributed by atoms with Crippen LogP contribution in [0.4, 0.5) is 24.7 Å². The van der Waals surface area contributed by atoms with E-state index >= 15 is 0 Å². The fraction of sp³-hybridized carbons (Fsp3) is 0.0476. The van der Waals surface area contributed by atoms with Gasteiger partial charge in [-0.15, -0.1) is 0 Å². The fourth-order valence-corrected chi connectivity index (χ4v) is 2.82. The Morgan fingerprint density at radius 3 is 2.31 bits per heavy atom. The normalized spacial score (nSPS) is 11.7. The average Bonchev–Trinajstić information content (AvgIpc) is 2.79. The Bertz CT molecular complexity index is 1310. The number of anilines is 1. The molecule has 32 heavy (non-hydrogen) atoms. The van der Waals surface area contributed by atoms with Crippen molar-refractivity contribution < 1.29 is 18.1 Å². The number of non-ortho nitro benzene ring substituents is 1. The minimum atomic E-state index is -4.62. The van der Waals surface area contributed by atoms with E-state index in [4.69, 9.17) is 0 Å². The van der Waals surface area contributed by atoms with Crippen LogP contribution in [0.5, 0.6) is 0 Å². The third kappa shape index (κ3) is 4.51. The SMILES string of the molecule is O=[N+]([O-])c1ccc(C=NNc2nc(-c3ccccc3)nc3nc(C(F)(F)F)ccc23)cc1. The zero-order valence-corrected chi connectivity index (χ0v) is 16.1. The Morgan fingerprint density at radius 2 is 1.66 bits per heavy atom. The fourth-order valence-electron chi connectivity index (χ4n) is 2.82. The van der Waals surface area contributed by atoms with E-state index in [1.807, 2.05) is 0 Å². The van der Waals surface area contributed by atoms with Gasteiger partial charge in [0.1, 0.15) is 5.69 Å². The quantitative estimate of drug-likeness (QED) is 0.265. The summed E-state index contributed by atoms with van der Waals surface area (Å²) in [5.74, 6) is 0.339. The number of alkyl halides is 3. The molecule has 0 bridgehead atoms. The summed E-state index contributed by atoms with van der Waals surface area (Å²) < 4.78 is 39.4. The summed E-state index contributed by atoms with van der Waals surface area (Å²) >= 11 is 0. The first-order chi connectivity index (χ1) is 15.3. The zero-order chi connectivity index (χ0) is 22.7. The largest absolute Gasteiger partial charge is 0.433 e. The van der Waals surface area contributed by atoms with Gasteiger partial charge >= 0.3 is 6.18 Å². The molecule has 0 aliphatic heterocycles. The molecule has 2 aromatic heterocycles. The number of nitro benzene ring substituents is 1. The molecule has 4 aromatic rings. The molecule has 1 N–H and O–H groups in total. The molecule has 0 saturated heterocycles. The predicted octanol–water partition coefficient (Wildman–Crippen LogP) is 5.06. The van der Waals surface area contributed by atoms with Crippen molar-refractivity contribution in [3.63, 3.8) is 0 Å². The maximum atomic E-state index is 13.1. The van der Waals surface area contributed by atoms with Crippen molar-refractivity contribution in [2.45, 2.75) is 6.18 Å². The van der Waals surface area contributed by atoms with Crippen LogP contribution in [-0.2, 0) is 6.18 Å². The molecule has 0 amide bonds. The number of nitrogens with zero attached hydrogens (tertiary/aromatic N) is 5. The highest BCUT2D eigenvalue weighted by Gasteiger charge is 2.33. The Kier molecular flexibility index (Phi) is 5.46. The molecular formula is C21H13F3N6O2. The van der Waals surface area contributed by atoms with Crippen LogP contribution < -0.4 is 5.43 Å². The number of aromatic nitrogens is 3. The van der Waals surface area contributed by atoms with Gasteiger partial charge in [0.25, 0.3) is 5.69 Å². The molecule has 0 unspecified atom stereocenters. The molecule has 2 aromatic carbocycles. The second-order valence-corrected chi connectivity index (χ2v) is 6.55. The van der Waals surface area contributed by atoms with Gasteiger partial charge in [0, 0.05) is 17.7 Å². The number of fused-ring (bicyclic) bond motifs is 1. The Morgan fingerprint density at radius 1 is 0.938 bits per heavy atom. The van der Waals surface area contributed by atoms with E-state index in [-0.39, 0.29) is 28.4 Å². The molecular weight excluding hydrogens is 425 g/mol. The summed E-state index contributed by atoms with van der Waals surface area (Å²) in [6, 6.07) is 16.5. The highest BCUT2D eigenvalue weighted by molar-refractivity contribution is 5.89. The molecule has 2 heterocycles. The van der Waals surface area contributed by atoms with Crippen molar-refractivity contribution in [1.82, 2.24) is 15.0 Å². The van der Waals surface area contributed by atoms with Gasteiger partial charge in [-0.05, 0) is 29.8 Å². The number of hydrogen-bond donors (Lipinski definition) is 1. The minimum Gasteiger partial charge on any atom is -0.261 e. The standard InChI is InChI=1S/C21H13F3N6O2/c22-21(23,24)17-11-10-16-19(26-17)27-18(14-4-2-1-3-5-14)28-20(16)29-25-12-13-6-8-15(9-7-13)30(31)32/h1-12H,(H,26,27,28,29). The van der Waals surface area contributed by atoms with Crippen LogP contribution in [-0.4, -0.2) is 26.1 Å². The van der Waals surface area contributed by atoms with Crippen LogP contribution in [0.1, 0.15) is 11.3 Å². The van der Waals surface area contributed by atoms with Gasteiger partial charge in [0.15, 0.2) is 17.3 Å². The molecule has 0 radical (unpaired) electrons. The van der Waals surface area contributed by atoms with Crippen molar-refractivity contribution in [3.8, 4) is 11.4 Å². The van der Waals surface area contributed by atoms with Crippen molar-refractivity contribution >= 4 is 28.8 Å². The molecule has 160 valence electrons. The zero-order valence-electron chi connectivity index (χ0n) is 16.1. The van der Waals surface area contributed by atoms with Crippen LogP contribution in [0.25, 0.3) is 22.4 Å². The minimum absolute atomic E-state index is 0.0593. The van der Waals surface area contributed by atoms with Gasteiger partial charge in [-0.3, -0.25) is 15.5 Å². The Labute approximate surface area is 178 Å². The van der Waals surface area contributed by atoms with E-state index in [0.717, 1.165) is 6.07 Å². The first-order valence-electron chi connectivity index (χ1n) is 9.16. The smallest absolute Gasteiger partial charge is 0.261 e. The van der Waals surface area contributed by atoms with E-state index in [1.165, 1.54) is 36.5 Å². The van der Waals surface area contributed by atoms with Gasteiger partial charge in [0.2, 0.25) is 0 Å². The van der Waals surface area contributed by atoms with E-state index < -0.39 is 16.8 Å². The lowest BCUT2D eigenvalue weighted by molar-refractivity contribution is -0.384. The molecule has 8 nitrogen and oxygen atoms in total. The lowest BCUT2D eigenvalue weighted by atomic mass is 10.2. The second-order valence-electron chi connectivity index (χ2n) is 6.55. The highest BCUT2D eigenvalue weighted by atomic mass is 19.4. The van der Waals surface area contributed by atoms with Crippen LogP contribution in [0.15, 0.2) is 71.8 Å². The number of nitrogens with one attached hydrogen (secondary N) is 1. The number of hydrazone groups is 1. The number of pyridine rings is 1. The van der Waals surface area contributed by atoms with Gasteiger partial charge in [0.05, 0.1) is 16.5 Å². The van der Waals surface area contributed by atoms with Gasteiger partial charge in [-0.1, -0.05) is 30.3 Å². The van der Waals surface area contributed by atoms with Crippen molar-refractivity contribution in [3.05, 3.63) is 88.1 Å². The summed E-state index contributed by atoms with van der Waals surface area (Å²) in [5, 5.41) is 15.0. The number of hydrogen-bond acceptors (Lipinski definition) is 7. The Hall–Kier alpha value is -4.41. The van der Waals surface area contributed by atoms with Crippen molar-refractivity contribution in [2.24, 2.45) is 5.10 Å². The lowest BCUT2D eigenvalue weighted by Crippen LogP contribution is -2.09. The molecule has 0 fully saturated rings. The summed E-state index contributed by atoms with van der Waals surface area (Å²) in [6.07, 6.45) is -3.22. The molecule has 4 rings (SSSR count). The third-order valence-corrected chi connectivity index (χ3v) is 4.37. The first-order valence-corrected chi connectivity index (χ1v) is 9.16. The Balaban J connectivity index is 1.72. The van der Waals surface area contributed by atoms with Gasteiger partial charge in [-0.25, -0.2) is 15.0 Å². The number of rotatable bonds is 5. The number of nitro groups is 1. The van der Waals surface area contributed by atoms with Crippen molar-refractivity contribution in [1.29, 1.82) is 0 Å². The second kappa shape index (κ2) is 8.38. The maximum Gasteiger partial charge on any atom is 0.433 e. The monoisotopic (exact) mass is 438 g/mol. The van der Waals surface area contributed by atoms with E-state index in [1.54, 1.807) is 30.3 Å². The average molecular weight is 438 g/mol. The molecule has 0 aliphatic carbocycles. The van der Waals surface area contributed by atoms with E-state index in [2.05, 4.69) is 25.5 Å². The molecule has 0 saturated carbocycles. The van der Waals surface area contributed by atoms with Crippen LogP contribution in [0.3, 0.4) is 0 Å². The van der Waals surface area contributed by atoms with Crippen molar-refractivity contribution in [2.75, 3.05) is 5.43 Å². The third-order valence-electron chi connectivity index (χ3n) is 4.37. The first kappa shape index (κ1) is 20.8. The predicted molar refractivity (Wildman–Crippen MR) is 112 cm³/mol. The highest BCUT2D eigenvalue weighted by Crippen LogP contribution is 2.31. The lowest BCUT2D eigenvalue weighted by Gasteiger charge is -2.10. The summed E-state index contributed by atoms with van der Waals surface area (Å²) in [5.41, 5.74) is 2.61. The van der Waals surface area contributed by atoms with Crippen LogP contribution >= 0.6 is 0 Å². The molecule has 11 heteroatoms. The van der Waals surface area contributed by atoms with Crippen LogP contribution in [0, 0.1) is 10.1 Å². The number of halogens is 3. The summed E-state index contributed by atoms with van der Waals surface area (Å²) in [4.78, 5) is 22.5. The molecule has 0 atom stereocenters. The van der Waals surface area contributed by atoms with Gasteiger partial charge in [-0.2, -0.15) is 18.3 Å². The van der Waals surface area contributed by atoms with E-state index in [9.17, 15) is 23.3 Å². The molecule has 0 spiro atoms.